The Balaban J connectivity index is 0.000000256. The summed E-state index contributed by atoms with van der Waals surface area (Å²) in [6, 6.07) is 39.6. The Morgan fingerprint density at radius 1 is 0.338 bits per heavy atom. The maximum Gasteiger partial charge on any atom is 0.269 e. The lowest BCUT2D eigenvalue weighted by molar-refractivity contribution is -0.385. The first-order valence-electron chi connectivity index (χ1n) is 31.1. The fraction of sp³-hybridized carbons (Fsp3) is 0.486. The SMILES string of the molecule is CCCCCCCCC1(CCCCCCCC)c2cc(N)ccc2-c2ccc(N)cc21.CCCCCCCCC1(CCCCCCCC)c2cc(Nc3ccc([N+](=O)[O-])cc3)ccc2-c2ccc(Nc3ccc([N+](=O)[O-])cc3)cc21. The van der Waals surface area contributed by atoms with E-state index in [0.29, 0.717) is 0 Å². The topological polar surface area (TPSA) is 162 Å². The van der Waals surface area contributed by atoms with Crippen LogP contribution in [0.5, 0.6) is 0 Å². The van der Waals surface area contributed by atoms with Crippen molar-refractivity contribution in [1.82, 2.24) is 0 Å². The Bertz CT molecular complexity index is 2700. The zero-order valence-electron chi connectivity index (χ0n) is 49.0. The van der Waals surface area contributed by atoms with Gasteiger partial charge in [-0.3, -0.25) is 20.2 Å². The van der Waals surface area contributed by atoms with Crippen molar-refractivity contribution in [2.75, 3.05) is 22.1 Å². The van der Waals surface area contributed by atoms with Crippen LogP contribution in [0.4, 0.5) is 45.5 Å². The lowest BCUT2D eigenvalue weighted by Crippen LogP contribution is -2.26. The molecule has 10 nitrogen and oxygen atoms in total. The number of unbranched alkanes of at least 4 members (excludes halogenated alkanes) is 20. The van der Waals surface area contributed by atoms with Gasteiger partial charge >= 0.3 is 0 Å². The number of nitrogens with zero attached hydrogens (tertiary/aromatic N) is 2. The predicted octanol–water partition coefficient (Wildman–Crippen LogP) is 21.4. The van der Waals surface area contributed by atoms with Crippen LogP contribution >= 0.6 is 0 Å². The summed E-state index contributed by atoms with van der Waals surface area (Å²) in [4.78, 5) is 21.7. The molecular formula is C70H94N6O4. The van der Waals surface area contributed by atoms with E-state index in [4.69, 9.17) is 11.5 Å². The van der Waals surface area contributed by atoms with Crippen LogP contribution in [0, 0.1) is 20.2 Å². The highest BCUT2D eigenvalue weighted by Crippen LogP contribution is 2.57. The highest BCUT2D eigenvalue weighted by atomic mass is 16.6. The number of benzene rings is 6. The van der Waals surface area contributed by atoms with Crippen molar-refractivity contribution in [1.29, 1.82) is 0 Å². The van der Waals surface area contributed by atoms with E-state index in [1.54, 1.807) is 24.3 Å². The largest absolute Gasteiger partial charge is 0.399 e. The van der Waals surface area contributed by atoms with Gasteiger partial charge in [-0.2, -0.15) is 0 Å². The summed E-state index contributed by atoms with van der Waals surface area (Å²) in [5.74, 6) is 0. The predicted molar refractivity (Wildman–Crippen MR) is 339 cm³/mol. The molecule has 0 aliphatic heterocycles. The van der Waals surface area contributed by atoms with E-state index in [0.717, 1.165) is 59.8 Å². The highest BCUT2D eigenvalue weighted by Gasteiger charge is 2.44. The van der Waals surface area contributed by atoms with E-state index in [2.05, 4.69) is 111 Å². The molecule has 6 N–H and O–H groups in total. The van der Waals surface area contributed by atoms with Gasteiger partial charge in [0.15, 0.2) is 0 Å². The van der Waals surface area contributed by atoms with E-state index < -0.39 is 0 Å². The standard InChI is InChI=1S/C41H50N4O4.C29H44N2/c1-3-5-7-9-11-13-27-41(28-14-12-10-8-6-4-2)39-29-33(42-31-15-21-35(22-16-31)44(46)47)19-25-37(39)38-26-20-34(30-40(38)41)43-32-17-23-36(24-18-32)45(48)49;1-3-5-7-9-11-13-19-29(20-14-12-10-8-6-4-2)27-21-23(30)15-17-25(27)26-18-16-24(31)22-28(26)29/h15-26,29-30,42-43H,3-14,27-28H2,1-2H3;15-18,21-22H,3-14,19-20,30-31H2,1-2H3. The minimum Gasteiger partial charge on any atom is -0.399 e. The number of rotatable bonds is 34. The van der Waals surface area contributed by atoms with Gasteiger partial charge in [-0.25, -0.2) is 0 Å². The first-order chi connectivity index (χ1) is 39.0. The minimum absolute atomic E-state index is 0.0741. The van der Waals surface area contributed by atoms with Gasteiger partial charge < -0.3 is 22.1 Å². The molecule has 428 valence electrons. The number of nitrogen functional groups attached to an aromatic ring is 2. The molecule has 0 aromatic heterocycles. The van der Waals surface area contributed by atoms with Gasteiger partial charge in [-0.05, 0) is 143 Å². The van der Waals surface area contributed by atoms with Crippen molar-refractivity contribution in [3.63, 3.8) is 0 Å². The third-order valence-electron chi connectivity index (χ3n) is 17.3. The van der Waals surface area contributed by atoms with Crippen molar-refractivity contribution in [3.8, 4) is 22.3 Å². The molecule has 0 bridgehead atoms. The molecule has 6 aromatic rings. The van der Waals surface area contributed by atoms with E-state index in [-0.39, 0.29) is 32.1 Å². The van der Waals surface area contributed by atoms with Gasteiger partial charge in [-0.15, -0.1) is 0 Å². The lowest BCUT2D eigenvalue weighted by atomic mass is 9.70. The lowest BCUT2D eigenvalue weighted by Gasteiger charge is -2.33. The summed E-state index contributed by atoms with van der Waals surface area (Å²) < 4.78 is 0. The zero-order valence-corrected chi connectivity index (χ0v) is 49.0. The van der Waals surface area contributed by atoms with E-state index >= 15 is 0 Å². The minimum atomic E-state index is -0.375. The summed E-state index contributed by atoms with van der Waals surface area (Å²) in [5, 5.41) is 29.5. The number of nitrogens with two attached hydrogens (primary N) is 2. The Hall–Kier alpha value is -6.68. The molecular weight excluding hydrogens is 989 g/mol. The fourth-order valence-corrected chi connectivity index (χ4v) is 13.0. The van der Waals surface area contributed by atoms with Gasteiger partial charge in [0.1, 0.15) is 0 Å². The number of anilines is 6. The molecule has 2 aliphatic rings. The van der Waals surface area contributed by atoms with E-state index in [9.17, 15) is 20.2 Å². The van der Waals surface area contributed by atoms with Crippen molar-refractivity contribution in [2.45, 2.75) is 218 Å². The van der Waals surface area contributed by atoms with Crippen molar-refractivity contribution in [2.24, 2.45) is 0 Å². The van der Waals surface area contributed by atoms with Crippen LogP contribution in [0.15, 0.2) is 121 Å². The van der Waals surface area contributed by atoms with E-state index in [1.807, 2.05) is 0 Å². The van der Waals surface area contributed by atoms with Crippen molar-refractivity contribution in [3.05, 3.63) is 164 Å². The van der Waals surface area contributed by atoms with Crippen LogP contribution in [0.1, 0.15) is 230 Å². The molecule has 6 aromatic carbocycles. The number of nitro benzene ring substituents is 2. The fourth-order valence-electron chi connectivity index (χ4n) is 13.0. The molecule has 80 heavy (non-hydrogen) atoms. The molecule has 0 amide bonds. The average molecular weight is 1080 g/mol. The van der Waals surface area contributed by atoms with Crippen LogP contribution in [-0.2, 0) is 10.8 Å². The van der Waals surface area contributed by atoms with Gasteiger partial charge in [0, 0.05) is 69.2 Å². The average Bonchev–Trinajstić information content (AvgIpc) is 4.10. The molecule has 0 fully saturated rings. The van der Waals surface area contributed by atoms with Crippen LogP contribution in [0.2, 0.25) is 0 Å². The van der Waals surface area contributed by atoms with Gasteiger partial charge in [0.05, 0.1) is 9.85 Å². The quantitative estimate of drug-likeness (QED) is 0.0134. The maximum absolute atomic E-state index is 11.2. The van der Waals surface area contributed by atoms with Crippen LogP contribution in [0.3, 0.4) is 0 Å². The third-order valence-corrected chi connectivity index (χ3v) is 17.3. The number of hydrogen-bond donors (Lipinski definition) is 4. The number of hydrogen-bond acceptors (Lipinski definition) is 8. The van der Waals surface area contributed by atoms with Crippen molar-refractivity contribution >= 4 is 45.5 Å². The Morgan fingerprint density at radius 3 is 0.875 bits per heavy atom. The molecule has 0 spiro atoms. The summed E-state index contributed by atoms with van der Waals surface area (Å²) in [6.07, 6.45) is 35.4. The van der Waals surface area contributed by atoms with Gasteiger partial charge in [-0.1, -0.05) is 206 Å². The van der Waals surface area contributed by atoms with E-state index in [1.165, 1.54) is 223 Å². The normalized spacial score (nSPS) is 13.2. The highest BCUT2D eigenvalue weighted by molar-refractivity contribution is 5.86. The molecule has 10 heteroatoms. The van der Waals surface area contributed by atoms with Gasteiger partial charge in [0.25, 0.3) is 11.4 Å². The first kappa shape index (κ1) is 61.0. The summed E-state index contributed by atoms with van der Waals surface area (Å²) in [5.41, 5.74) is 28.9. The number of fused-ring (bicyclic) bond motifs is 6. The van der Waals surface area contributed by atoms with Crippen molar-refractivity contribution < 1.29 is 9.85 Å². The monoisotopic (exact) mass is 1080 g/mol. The van der Waals surface area contributed by atoms with Crippen LogP contribution < -0.4 is 22.1 Å². The Kier molecular flexibility index (Phi) is 23.5. The maximum atomic E-state index is 11.2. The summed E-state index contributed by atoms with van der Waals surface area (Å²) in [7, 11) is 0. The number of nitro groups is 2. The third kappa shape index (κ3) is 15.8. The Labute approximate surface area is 479 Å². The zero-order chi connectivity index (χ0) is 56.7. The second-order valence-electron chi connectivity index (χ2n) is 23.2. The first-order valence-corrected chi connectivity index (χ1v) is 31.1. The molecule has 0 saturated heterocycles. The molecule has 0 radical (unpaired) electrons. The summed E-state index contributed by atoms with van der Waals surface area (Å²) >= 11 is 0. The molecule has 0 atom stereocenters. The molecule has 0 unspecified atom stereocenters. The second-order valence-corrected chi connectivity index (χ2v) is 23.2. The molecule has 2 aliphatic carbocycles. The van der Waals surface area contributed by atoms with Gasteiger partial charge in [0.2, 0.25) is 0 Å². The second kappa shape index (κ2) is 30.8. The number of non-ortho nitro benzene ring substituents is 2. The smallest absolute Gasteiger partial charge is 0.269 e. The Morgan fingerprint density at radius 2 is 0.588 bits per heavy atom. The number of nitrogens with one attached hydrogen (secondary N) is 2. The van der Waals surface area contributed by atoms with Crippen LogP contribution in [0.25, 0.3) is 22.3 Å². The molecule has 0 saturated carbocycles. The van der Waals surface area contributed by atoms with Crippen LogP contribution in [-0.4, -0.2) is 9.85 Å². The summed E-state index contributed by atoms with van der Waals surface area (Å²) in [6.45, 7) is 9.09. The molecule has 0 heterocycles. The molecule has 8 rings (SSSR count).